The zero-order valence-electron chi connectivity index (χ0n) is 8.95. The van der Waals surface area contributed by atoms with E-state index in [1.165, 1.54) is 25.9 Å². The molecule has 0 atom stereocenters. The molecule has 0 amide bonds. The van der Waals surface area contributed by atoms with E-state index in [-0.39, 0.29) is 0 Å². The van der Waals surface area contributed by atoms with E-state index in [0.29, 0.717) is 0 Å². The number of rotatable bonds is 2. The average molecular weight is 194 g/mol. The lowest BCUT2D eigenvalue weighted by Gasteiger charge is -2.14. The van der Waals surface area contributed by atoms with E-state index in [2.05, 4.69) is 10.00 Å². The summed E-state index contributed by atoms with van der Waals surface area (Å²) < 4.78 is 1.91. The third-order valence-electron chi connectivity index (χ3n) is 2.96. The van der Waals surface area contributed by atoms with Crippen LogP contribution in [0.3, 0.4) is 0 Å². The van der Waals surface area contributed by atoms with Crippen molar-refractivity contribution in [1.29, 1.82) is 0 Å². The van der Waals surface area contributed by atoms with Gasteiger partial charge in [-0.25, -0.2) is 0 Å². The number of nitrogens with zero attached hydrogens (tertiary/aromatic N) is 3. The molecule has 4 nitrogen and oxygen atoms in total. The minimum absolute atomic E-state index is 0.861. The van der Waals surface area contributed by atoms with Crippen LogP contribution in [0.4, 0.5) is 5.69 Å². The Bertz CT molecular complexity index is 323. The number of nitrogens with two attached hydrogens (primary N) is 1. The van der Waals surface area contributed by atoms with Crippen molar-refractivity contribution in [3.63, 3.8) is 0 Å². The lowest BCUT2D eigenvalue weighted by Crippen LogP contribution is -2.20. The van der Waals surface area contributed by atoms with E-state index in [0.717, 1.165) is 23.6 Å². The summed E-state index contributed by atoms with van der Waals surface area (Å²) in [7, 11) is 1.97. The minimum Gasteiger partial charge on any atom is -0.396 e. The summed E-state index contributed by atoms with van der Waals surface area (Å²) in [6, 6.07) is 0. The lowest BCUT2D eigenvalue weighted by molar-refractivity contribution is 0.322. The molecule has 2 rings (SSSR count). The van der Waals surface area contributed by atoms with Crippen molar-refractivity contribution in [2.24, 2.45) is 7.05 Å². The van der Waals surface area contributed by atoms with Gasteiger partial charge in [0.1, 0.15) is 0 Å². The summed E-state index contributed by atoms with van der Waals surface area (Å²) in [6.07, 6.45) is 2.63. The van der Waals surface area contributed by atoms with Crippen LogP contribution in [-0.2, 0) is 13.6 Å². The molecule has 4 heteroatoms. The Labute approximate surface area is 84.7 Å². The summed E-state index contributed by atoms with van der Waals surface area (Å²) in [6.45, 7) is 5.30. The van der Waals surface area contributed by atoms with E-state index in [1.54, 1.807) is 0 Å². The number of nitrogen functional groups attached to an aromatic ring is 1. The molecule has 14 heavy (non-hydrogen) atoms. The Morgan fingerprint density at radius 1 is 1.36 bits per heavy atom. The molecule has 1 aromatic heterocycles. The third-order valence-corrected chi connectivity index (χ3v) is 2.96. The van der Waals surface area contributed by atoms with Gasteiger partial charge in [-0.05, 0) is 32.9 Å². The van der Waals surface area contributed by atoms with Gasteiger partial charge in [-0.1, -0.05) is 0 Å². The van der Waals surface area contributed by atoms with Crippen LogP contribution in [0.25, 0.3) is 0 Å². The van der Waals surface area contributed by atoms with Crippen LogP contribution in [0.1, 0.15) is 24.2 Å². The van der Waals surface area contributed by atoms with Gasteiger partial charge in [0.25, 0.3) is 0 Å². The monoisotopic (exact) mass is 194 g/mol. The summed E-state index contributed by atoms with van der Waals surface area (Å²) in [5.41, 5.74) is 8.93. The standard InChI is InChI=1S/C10H18N4/c1-8-10(11)9(13(2)12-8)7-14-5-3-4-6-14/h3-7,11H2,1-2H3. The van der Waals surface area contributed by atoms with Gasteiger partial charge in [-0.3, -0.25) is 9.58 Å². The molecule has 0 aromatic carbocycles. The molecule has 0 aliphatic carbocycles. The SMILES string of the molecule is Cc1nn(C)c(CN2CCCC2)c1N. The second-order valence-corrected chi connectivity index (χ2v) is 4.05. The maximum Gasteiger partial charge on any atom is 0.0826 e. The molecule has 0 radical (unpaired) electrons. The first kappa shape index (κ1) is 9.52. The quantitative estimate of drug-likeness (QED) is 0.761. The van der Waals surface area contributed by atoms with Crippen molar-refractivity contribution < 1.29 is 0 Å². The molecular formula is C10H18N4. The third kappa shape index (κ3) is 1.62. The fourth-order valence-corrected chi connectivity index (χ4v) is 2.06. The van der Waals surface area contributed by atoms with Gasteiger partial charge in [-0.15, -0.1) is 0 Å². The largest absolute Gasteiger partial charge is 0.396 e. The highest BCUT2D eigenvalue weighted by molar-refractivity contribution is 5.47. The molecule has 1 fully saturated rings. The Morgan fingerprint density at radius 3 is 2.50 bits per heavy atom. The second-order valence-electron chi connectivity index (χ2n) is 4.05. The van der Waals surface area contributed by atoms with Crippen molar-refractivity contribution in [2.75, 3.05) is 18.8 Å². The first-order valence-corrected chi connectivity index (χ1v) is 5.19. The number of aromatic nitrogens is 2. The number of hydrogen-bond donors (Lipinski definition) is 1. The Hall–Kier alpha value is -1.03. The van der Waals surface area contributed by atoms with Gasteiger partial charge in [0.15, 0.2) is 0 Å². The van der Waals surface area contributed by atoms with Gasteiger partial charge in [0, 0.05) is 13.6 Å². The molecule has 0 spiro atoms. The normalized spacial score (nSPS) is 17.9. The molecule has 1 aromatic rings. The summed E-state index contributed by atoms with van der Waals surface area (Å²) in [5, 5.41) is 4.32. The number of likely N-dealkylation sites (tertiary alicyclic amines) is 1. The maximum atomic E-state index is 5.97. The van der Waals surface area contributed by atoms with E-state index in [1.807, 2.05) is 18.7 Å². The first-order valence-electron chi connectivity index (χ1n) is 5.19. The fraction of sp³-hybridized carbons (Fsp3) is 0.700. The van der Waals surface area contributed by atoms with Gasteiger partial charge in [0.05, 0.1) is 17.1 Å². The first-order chi connectivity index (χ1) is 6.68. The molecule has 1 saturated heterocycles. The maximum absolute atomic E-state index is 5.97. The van der Waals surface area contributed by atoms with Crippen molar-refractivity contribution in [3.8, 4) is 0 Å². The number of aryl methyl sites for hydroxylation is 2. The van der Waals surface area contributed by atoms with Crippen molar-refractivity contribution >= 4 is 5.69 Å². The number of anilines is 1. The van der Waals surface area contributed by atoms with E-state index < -0.39 is 0 Å². The Morgan fingerprint density at radius 2 is 2.00 bits per heavy atom. The number of hydrogen-bond acceptors (Lipinski definition) is 3. The van der Waals surface area contributed by atoms with Crippen LogP contribution in [0.15, 0.2) is 0 Å². The van der Waals surface area contributed by atoms with Crippen LogP contribution in [0.2, 0.25) is 0 Å². The highest BCUT2D eigenvalue weighted by Gasteiger charge is 2.16. The van der Waals surface area contributed by atoms with Crippen LogP contribution in [0, 0.1) is 6.92 Å². The molecule has 2 heterocycles. The van der Waals surface area contributed by atoms with E-state index in [9.17, 15) is 0 Å². The van der Waals surface area contributed by atoms with Crippen LogP contribution in [0.5, 0.6) is 0 Å². The predicted molar refractivity (Wildman–Crippen MR) is 56.9 cm³/mol. The topological polar surface area (TPSA) is 47.1 Å². The fourth-order valence-electron chi connectivity index (χ4n) is 2.06. The predicted octanol–water partition coefficient (Wildman–Crippen LogP) is 0.907. The second kappa shape index (κ2) is 3.61. The Balaban J connectivity index is 2.14. The zero-order valence-corrected chi connectivity index (χ0v) is 8.95. The Kier molecular flexibility index (Phi) is 2.46. The highest BCUT2D eigenvalue weighted by atomic mass is 15.3. The smallest absolute Gasteiger partial charge is 0.0826 e. The van der Waals surface area contributed by atoms with E-state index >= 15 is 0 Å². The van der Waals surface area contributed by atoms with Crippen molar-refractivity contribution in [2.45, 2.75) is 26.3 Å². The van der Waals surface area contributed by atoms with E-state index in [4.69, 9.17) is 5.73 Å². The summed E-state index contributed by atoms with van der Waals surface area (Å²) in [5.74, 6) is 0. The molecule has 2 N–H and O–H groups in total. The summed E-state index contributed by atoms with van der Waals surface area (Å²) >= 11 is 0. The molecule has 1 aliphatic heterocycles. The van der Waals surface area contributed by atoms with Gasteiger partial charge in [0.2, 0.25) is 0 Å². The van der Waals surface area contributed by atoms with Gasteiger partial charge in [-0.2, -0.15) is 5.10 Å². The van der Waals surface area contributed by atoms with Gasteiger partial charge >= 0.3 is 0 Å². The van der Waals surface area contributed by atoms with Crippen molar-refractivity contribution in [1.82, 2.24) is 14.7 Å². The van der Waals surface area contributed by atoms with Crippen LogP contribution < -0.4 is 5.73 Å². The minimum atomic E-state index is 0.861. The molecular weight excluding hydrogens is 176 g/mol. The average Bonchev–Trinajstić information content (AvgIpc) is 2.71. The van der Waals surface area contributed by atoms with Crippen LogP contribution in [-0.4, -0.2) is 27.8 Å². The highest BCUT2D eigenvalue weighted by Crippen LogP contribution is 2.19. The lowest BCUT2D eigenvalue weighted by atomic mass is 10.3. The molecule has 0 unspecified atom stereocenters. The van der Waals surface area contributed by atoms with Gasteiger partial charge < -0.3 is 5.73 Å². The summed E-state index contributed by atoms with van der Waals surface area (Å²) in [4.78, 5) is 2.44. The molecule has 78 valence electrons. The van der Waals surface area contributed by atoms with Crippen LogP contribution >= 0.6 is 0 Å². The van der Waals surface area contributed by atoms with Crippen molar-refractivity contribution in [3.05, 3.63) is 11.4 Å². The molecule has 0 bridgehead atoms. The zero-order chi connectivity index (χ0) is 10.1. The molecule has 1 aliphatic rings. The molecule has 0 saturated carbocycles.